The van der Waals surface area contributed by atoms with Gasteiger partial charge in [0.1, 0.15) is 5.50 Å². The Hall–Kier alpha value is -0.580. The maximum atomic E-state index is 3.49. The van der Waals surface area contributed by atoms with Gasteiger partial charge in [-0.05, 0) is 25.1 Å². The van der Waals surface area contributed by atoms with Crippen LogP contribution >= 0.6 is 24.2 Å². The minimum absolute atomic E-state index is 0. The SMILES string of the molecule is CCNc1ccc2c(c1)SC1NCCN21.Cl. The summed E-state index contributed by atoms with van der Waals surface area (Å²) in [7, 11) is 0. The number of nitrogens with zero attached hydrogens (tertiary/aromatic N) is 1. The van der Waals surface area contributed by atoms with Crippen LogP contribution < -0.4 is 15.5 Å². The Morgan fingerprint density at radius 2 is 2.44 bits per heavy atom. The van der Waals surface area contributed by atoms with Crippen molar-refractivity contribution in [2.45, 2.75) is 17.3 Å². The van der Waals surface area contributed by atoms with Gasteiger partial charge in [0.05, 0.1) is 5.69 Å². The van der Waals surface area contributed by atoms with E-state index in [9.17, 15) is 0 Å². The Labute approximate surface area is 106 Å². The molecule has 0 aromatic heterocycles. The van der Waals surface area contributed by atoms with Gasteiger partial charge in [0.25, 0.3) is 0 Å². The quantitative estimate of drug-likeness (QED) is 0.851. The lowest BCUT2D eigenvalue weighted by atomic mass is 10.2. The van der Waals surface area contributed by atoms with Crippen molar-refractivity contribution in [1.82, 2.24) is 5.32 Å². The molecular formula is C11H16ClN3S. The predicted molar refractivity (Wildman–Crippen MR) is 72.8 cm³/mol. The van der Waals surface area contributed by atoms with Crippen LogP contribution in [0.2, 0.25) is 0 Å². The van der Waals surface area contributed by atoms with Gasteiger partial charge in [0, 0.05) is 30.2 Å². The molecule has 16 heavy (non-hydrogen) atoms. The lowest BCUT2D eigenvalue weighted by Crippen LogP contribution is -2.28. The van der Waals surface area contributed by atoms with Crippen molar-refractivity contribution in [2.75, 3.05) is 29.9 Å². The third-order valence-electron chi connectivity index (χ3n) is 2.84. The number of thioether (sulfide) groups is 1. The highest BCUT2D eigenvalue weighted by Gasteiger charge is 2.33. The number of nitrogens with one attached hydrogen (secondary N) is 2. The van der Waals surface area contributed by atoms with E-state index in [0.717, 1.165) is 19.6 Å². The molecular weight excluding hydrogens is 242 g/mol. The smallest absolute Gasteiger partial charge is 0.133 e. The van der Waals surface area contributed by atoms with Gasteiger partial charge in [-0.3, -0.25) is 5.32 Å². The Kier molecular flexibility index (Phi) is 3.52. The van der Waals surface area contributed by atoms with Crippen LogP contribution in [0, 0.1) is 0 Å². The van der Waals surface area contributed by atoms with Crippen molar-refractivity contribution in [3.63, 3.8) is 0 Å². The Bertz CT molecular complexity index is 385. The lowest BCUT2D eigenvalue weighted by Gasteiger charge is -2.16. The molecule has 0 spiro atoms. The van der Waals surface area contributed by atoms with Gasteiger partial charge in [0.2, 0.25) is 0 Å². The van der Waals surface area contributed by atoms with Gasteiger partial charge in [0.15, 0.2) is 0 Å². The van der Waals surface area contributed by atoms with E-state index in [2.05, 4.69) is 40.7 Å². The van der Waals surface area contributed by atoms with E-state index < -0.39 is 0 Å². The second-order valence-corrected chi connectivity index (χ2v) is 4.95. The van der Waals surface area contributed by atoms with E-state index in [1.807, 2.05) is 11.8 Å². The zero-order valence-electron chi connectivity index (χ0n) is 9.19. The molecule has 2 aliphatic rings. The highest BCUT2D eigenvalue weighted by atomic mass is 35.5. The lowest BCUT2D eigenvalue weighted by molar-refractivity contribution is 0.809. The molecule has 88 valence electrons. The number of fused-ring (bicyclic) bond motifs is 3. The minimum Gasteiger partial charge on any atom is -0.385 e. The van der Waals surface area contributed by atoms with Crippen molar-refractivity contribution in [2.24, 2.45) is 0 Å². The molecule has 0 bridgehead atoms. The van der Waals surface area contributed by atoms with Gasteiger partial charge < -0.3 is 10.2 Å². The van der Waals surface area contributed by atoms with Crippen molar-refractivity contribution in [3.05, 3.63) is 18.2 Å². The average Bonchev–Trinajstić information content (AvgIpc) is 2.77. The maximum absolute atomic E-state index is 3.49. The van der Waals surface area contributed by atoms with Gasteiger partial charge in [-0.2, -0.15) is 0 Å². The number of hydrogen-bond acceptors (Lipinski definition) is 4. The van der Waals surface area contributed by atoms with Gasteiger partial charge in [-0.25, -0.2) is 0 Å². The first kappa shape index (κ1) is 11.9. The van der Waals surface area contributed by atoms with E-state index in [1.54, 1.807) is 0 Å². The van der Waals surface area contributed by atoms with E-state index in [0.29, 0.717) is 5.50 Å². The van der Waals surface area contributed by atoms with Crippen LogP contribution in [0.25, 0.3) is 0 Å². The normalized spacial score (nSPS) is 21.3. The highest BCUT2D eigenvalue weighted by Crippen LogP contribution is 2.44. The third-order valence-corrected chi connectivity index (χ3v) is 4.07. The van der Waals surface area contributed by atoms with Crippen molar-refractivity contribution < 1.29 is 0 Å². The molecule has 1 fully saturated rings. The fourth-order valence-corrected chi connectivity index (χ4v) is 3.46. The number of anilines is 2. The zero-order chi connectivity index (χ0) is 10.3. The molecule has 0 amide bonds. The summed E-state index contributed by atoms with van der Waals surface area (Å²) in [6, 6.07) is 6.65. The highest BCUT2D eigenvalue weighted by molar-refractivity contribution is 8.00. The molecule has 1 unspecified atom stereocenters. The molecule has 1 saturated heterocycles. The molecule has 2 N–H and O–H groups in total. The first-order chi connectivity index (χ1) is 7.38. The van der Waals surface area contributed by atoms with Crippen LogP contribution in [0.5, 0.6) is 0 Å². The van der Waals surface area contributed by atoms with E-state index in [-0.39, 0.29) is 12.4 Å². The predicted octanol–water partition coefficient (Wildman–Crippen LogP) is 2.34. The van der Waals surface area contributed by atoms with Crippen LogP contribution in [-0.4, -0.2) is 25.1 Å². The monoisotopic (exact) mass is 257 g/mol. The summed E-state index contributed by atoms with van der Waals surface area (Å²) in [6.45, 7) is 5.34. The molecule has 2 aliphatic heterocycles. The Balaban J connectivity index is 0.000000963. The van der Waals surface area contributed by atoms with E-state index >= 15 is 0 Å². The van der Waals surface area contributed by atoms with E-state index in [4.69, 9.17) is 0 Å². The van der Waals surface area contributed by atoms with Crippen LogP contribution in [0.4, 0.5) is 11.4 Å². The molecule has 0 radical (unpaired) electrons. The molecule has 0 saturated carbocycles. The molecule has 3 nitrogen and oxygen atoms in total. The van der Waals surface area contributed by atoms with Crippen molar-refractivity contribution in [3.8, 4) is 0 Å². The topological polar surface area (TPSA) is 27.3 Å². The molecule has 0 aliphatic carbocycles. The fraction of sp³-hybridized carbons (Fsp3) is 0.455. The van der Waals surface area contributed by atoms with E-state index in [1.165, 1.54) is 16.3 Å². The first-order valence-electron chi connectivity index (χ1n) is 5.43. The van der Waals surface area contributed by atoms with Crippen LogP contribution in [0.15, 0.2) is 23.1 Å². The summed E-state index contributed by atoms with van der Waals surface area (Å²) in [5.74, 6) is 0. The van der Waals surface area contributed by atoms with Gasteiger partial charge in [-0.15, -0.1) is 12.4 Å². The summed E-state index contributed by atoms with van der Waals surface area (Å²) in [4.78, 5) is 3.83. The number of rotatable bonds is 2. The fourth-order valence-electron chi connectivity index (χ4n) is 2.17. The molecule has 1 atom stereocenters. The molecule has 1 aromatic carbocycles. The second-order valence-electron chi connectivity index (χ2n) is 3.83. The minimum atomic E-state index is 0. The third kappa shape index (κ3) is 1.85. The molecule has 2 heterocycles. The summed E-state index contributed by atoms with van der Waals surface area (Å²) in [5.41, 5.74) is 3.08. The maximum Gasteiger partial charge on any atom is 0.133 e. The second kappa shape index (κ2) is 4.73. The zero-order valence-corrected chi connectivity index (χ0v) is 10.8. The van der Waals surface area contributed by atoms with Crippen LogP contribution in [0.1, 0.15) is 6.92 Å². The standard InChI is InChI=1S/C11H15N3S.ClH/c1-2-12-8-3-4-9-10(7-8)15-11-13-5-6-14(9)11;/h3-4,7,11-13H,2,5-6H2,1H3;1H. The van der Waals surface area contributed by atoms with Crippen molar-refractivity contribution >= 4 is 35.5 Å². The summed E-state index contributed by atoms with van der Waals surface area (Å²) in [6.07, 6.45) is 0. The summed E-state index contributed by atoms with van der Waals surface area (Å²) >= 11 is 1.92. The molecule has 5 heteroatoms. The first-order valence-corrected chi connectivity index (χ1v) is 6.31. The molecule has 1 aromatic rings. The van der Waals surface area contributed by atoms with Gasteiger partial charge >= 0.3 is 0 Å². The average molecular weight is 258 g/mol. The van der Waals surface area contributed by atoms with Crippen molar-refractivity contribution in [1.29, 1.82) is 0 Å². The summed E-state index contributed by atoms with van der Waals surface area (Å²) in [5, 5.41) is 6.84. The number of hydrogen-bond donors (Lipinski definition) is 2. The summed E-state index contributed by atoms with van der Waals surface area (Å²) < 4.78 is 0. The van der Waals surface area contributed by atoms with Crippen LogP contribution in [-0.2, 0) is 0 Å². The Morgan fingerprint density at radius 3 is 3.25 bits per heavy atom. The van der Waals surface area contributed by atoms with Gasteiger partial charge in [-0.1, -0.05) is 11.8 Å². The Morgan fingerprint density at radius 1 is 1.56 bits per heavy atom. The van der Waals surface area contributed by atoms with Crippen LogP contribution in [0.3, 0.4) is 0 Å². The number of benzene rings is 1. The largest absolute Gasteiger partial charge is 0.385 e. The molecule has 3 rings (SSSR count). The number of halogens is 1.